The van der Waals surface area contributed by atoms with E-state index in [1.54, 1.807) is 6.92 Å². The third-order valence-corrected chi connectivity index (χ3v) is 5.98. The first-order valence-corrected chi connectivity index (χ1v) is 11.8. The first-order valence-electron chi connectivity index (χ1n) is 11.8. The molecule has 0 saturated carbocycles. The predicted molar refractivity (Wildman–Crippen MR) is 121 cm³/mol. The van der Waals surface area contributed by atoms with Crippen LogP contribution in [0.2, 0.25) is 0 Å². The van der Waals surface area contributed by atoms with E-state index in [1.165, 1.54) is 37.6 Å². The second kappa shape index (κ2) is 12.4. The lowest BCUT2D eigenvalue weighted by Crippen LogP contribution is -2.57. The number of hydrogen-bond acceptors (Lipinski definition) is 8. The lowest BCUT2D eigenvalue weighted by atomic mass is 10.1. The highest BCUT2D eigenvalue weighted by Crippen LogP contribution is 2.20. The van der Waals surface area contributed by atoms with Crippen LogP contribution in [0.4, 0.5) is 4.79 Å². The molecule has 2 rings (SSSR count). The monoisotopic (exact) mass is 497 g/mol. The smallest absolute Gasteiger partial charge is 0.429 e. The average Bonchev–Trinajstić information content (AvgIpc) is 3.48. The maximum atomic E-state index is 13.0. The Morgan fingerprint density at radius 1 is 0.971 bits per heavy atom. The summed E-state index contributed by atoms with van der Waals surface area (Å²) in [6, 6.07) is -2.37. The topological polar surface area (TPSA) is 155 Å². The molecule has 2 heterocycles. The van der Waals surface area contributed by atoms with Crippen molar-refractivity contribution in [3.63, 3.8) is 0 Å². The van der Waals surface area contributed by atoms with Gasteiger partial charge in [0.2, 0.25) is 17.7 Å². The summed E-state index contributed by atoms with van der Waals surface area (Å²) in [4.78, 5) is 76.9. The summed E-state index contributed by atoms with van der Waals surface area (Å²) in [6.07, 6.45) is 0.0540. The van der Waals surface area contributed by atoms with Gasteiger partial charge in [-0.05, 0) is 46.5 Å². The molecule has 2 fully saturated rings. The Kier molecular flexibility index (Phi) is 9.84. The molecule has 0 bridgehead atoms. The summed E-state index contributed by atoms with van der Waals surface area (Å²) in [5.41, 5.74) is 2.37. The van der Waals surface area contributed by atoms with E-state index in [1.807, 2.05) is 0 Å². The van der Waals surface area contributed by atoms with Crippen LogP contribution in [0.3, 0.4) is 0 Å². The van der Waals surface area contributed by atoms with Crippen molar-refractivity contribution in [2.75, 3.05) is 26.7 Å². The molecule has 2 aliphatic heterocycles. The van der Waals surface area contributed by atoms with E-state index in [4.69, 9.17) is 9.47 Å². The summed E-state index contributed by atoms with van der Waals surface area (Å²) in [7, 11) is 1.25. The summed E-state index contributed by atoms with van der Waals surface area (Å²) >= 11 is 0. The fourth-order valence-corrected chi connectivity index (χ4v) is 4.16. The Morgan fingerprint density at radius 3 is 2.11 bits per heavy atom. The van der Waals surface area contributed by atoms with Crippen molar-refractivity contribution in [3.05, 3.63) is 0 Å². The van der Waals surface area contributed by atoms with E-state index in [9.17, 15) is 28.8 Å². The van der Waals surface area contributed by atoms with Crippen molar-refractivity contribution in [2.45, 2.75) is 77.6 Å². The van der Waals surface area contributed by atoms with E-state index in [0.717, 1.165) is 5.01 Å². The fraction of sp³-hybridized carbons (Fsp3) is 0.727. The van der Waals surface area contributed by atoms with Gasteiger partial charge in [-0.2, -0.15) is 0 Å². The number of amides is 5. The van der Waals surface area contributed by atoms with Crippen molar-refractivity contribution >= 4 is 35.7 Å². The Morgan fingerprint density at radius 2 is 1.54 bits per heavy atom. The number of nitrogens with one attached hydrogen (secondary N) is 2. The van der Waals surface area contributed by atoms with Crippen LogP contribution in [-0.2, 0) is 33.4 Å². The molecular weight excluding hydrogens is 462 g/mol. The van der Waals surface area contributed by atoms with Crippen LogP contribution in [0.15, 0.2) is 0 Å². The van der Waals surface area contributed by atoms with Gasteiger partial charge >= 0.3 is 12.1 Å². The van der Waals surface area contributed by atoms with Gasteiger partial charge in [0.1, 0.15) is 18.1 Å². The zero-order valence-corrected chi connectivity index (χ0v) is 20.9. The minimum absolute atomic E-state index is 0.132. The number of nitrogens with zero attached hydrogens (tertiary/aromatic N) is 3. The molecule has 0 unspecified atom stereocenters. The van der Waals surface area contributed by atoms with E-state index in [0.29, 0.717) is 38.8 Å². The fourth-order valence-electron chi connectivity index (χ4n) is 4.16. The average molecular weight is 498 g/mol. The lowest BCUT2D eigenvalue weighted by Gasteiger charge is -2.30. The van der Waals surface area contributed by atoms with Gasteiger partial charge in [-0.15, -0.1) is 0 Å². The minimum atomic E-state index is -1.16. The van der Waals surface area contributed by atoms with E-state index < -0.39 is 54.0 Å². The molecule has 13 nitrogen and oxygen atoms in total. The third kappa shape index (κ3) is 7.06. The molecule has 0 aromatic carbocycles. The number of hydrazine groups is 1. The van der Waals surface area contributed by atoms with Crippen LogP contribution in [0.25, 0.3) is 0 Å². The van der Waals surface area contributed by atoms with E-state index >= 15 is 0 Å². The summed E-state index contributed by atoms with van der Waals surface area (Å²) in [6.45, 7) is 6.84. The quantitative estimate of drug-likeness (QED) is 0.354. The Hall–Kier alpha value is -3.38. The zero-order valence-electron chi connectivity index (χ0n) is 20.9. The zero-order chi connectivity index (χ0) is 26.3. The molecule has 5 amide bonds. The van der Waals surface area contributed by atoms with Crippen LogP contribution in [0.5, 0.6) is 0 Å². The van der Waals surface area contributed by atoms with Gasteiger partial charge in [0.15, 0.2) is 6.10 Å². The molecule has 2 aliphatic rings. The maximum absolute atomic E-state index is 13.0. The normalized spacial score (nSPS) is 21.1. The van der Waals surface area contributed by atoms with Crippen LogP contribution >= 0.6 is 0 Å². The highest BCUT2D eigenvalue weighted by atomic mass is 16.6. The molecular formula is C22H35N5O8. The minimum Gasteiger partial charge on any atom is -0.463 e. The van der Waals surface area contributed by atoms with Gasteiger partial charge in [0.05, 0.1) is 6.61 Å². The molecule has 0 aromatic rings. The number of likely N-dealkylation sites (tertiary alicyclic amines) is 2. The van der Waals surface area contributed by atoms with Crippen LogP contribution in [0.1, 0.15) is 53.4 Å². The van der Waals surface area contributed by atoms with Crippen molar-refractivity contribution in [3.8, 4) is 0 Å². The summed E-state index contributed by atoms with van der Waals surface area (Å²) in [5.74, 6) is -2.36. The van der Waals surface area contributed by atoms with Crippen molar-refractivity contribution in [1.82, 2.24) is 25.6 Å². The van der Waals surface area contributed by atoms with Gasteiger partial charge in [-0.1, -0.05) is 0 Å². The highest BCUT2D eigenvalue weighted by Gasteiger charge is 2.39. The molecule has 2 N–H and O–H groups in total. The number of hydrogen-bond donors (Lipinski definition) is 2. The van der Waals surface area contributed by atoms with Crippen molar-refractivity contribution in [1.29, 1.82) is 0 Å². The van der Waals surface area contributed by atoms with Crippen molar-refractivity contribution < 1.29 is 38.2 Å². The number of rotatable bonds is 7. The summed E-state index contributed by atoms with van der Waals surface area (Å²) < 4.78 is 9.73. The molecule has 196 valence electrons. The number of esters is 1. The molecule has 0 aliphatic carbocycles. The van der Waals surface area contributed by atoms with Crippen molar-refractivity contribution in [2.24, 2.45) is 0 Å². The van der Waals surface area contributed by atoms with E-state index in [2.05, 4.69) is 10.7 Å². The van der Waals surface area contributed by atoms with Crippen LogP contribution < -0.4 is 10.7 Å². The molecule has 13 heteroatoms. The Bertz CT molecular complexity index is 850. The Labute approximate surface area is 204 Å². The standard InChI is InChI=1S/C22H35N5O8/c1-6-34-21(32)14(3)35-22(33)25(5)24-19(30)17-10-8-12-27(17)20(31)13(2)23-18(29)16-9-7-11-26(16)15(4)28/h13-14,16-17H,6-12H2,1-5H3,(H,23,29)(H,24,30)/t13-,14-,16-,17-/m0/s1. The van der Waals surface area contributed by atoms with Crippen LogP contribution in [0, 0.1) is 0 Å². The van der Waals surface area contributed by atoms with Gasteiger partial charge < -0.3 is 24.6 Å². The van der Waals surface area contributed by atoms with Crippen LogP contribution in [-0.4, -0.2) is 101 Å². The molecule has 0 aromatic heterocycles. The second-order valence-electron chi connectivity index (χ2n) is 8.60. The van der Waals surface area contributed by atoms with E-state index in [-0.39, 0.29) is 12.5 Å². The molecule has 0 radical (unpaired) electrons. The molecule has 35 heavy (non-hydrogen) atoms. The molecule has 4 atom stereocenters. The lowest BCUT2D eigenvalue weighted by molar-refractivity contribution is -0.152. The molecule has 2 saturated heterocycles. The largest absolute Gasteiger partial charge is 0.463 e. The SMILES string of the molecule is CCOC(=O)[C@H](C)OC(=O)N(C)NC(=O)[C@@H]1CCCN1C(=O)[C@H](C)NC(=O)[C@@H]1CCCN1C(C)=O. The summed E-state index contributed by atoms with van der Waals surface area (Å²) in [5, 5.41) is 3.45. The Balaban J connectivity index is 1.92. The third-order valence-electron chi connectivity index (χ3n) is 5.98. The van der Waals surface area contributed by atoms with Gasteiger partial charge in [0, 0.05) is 27.1 Å². The first kappa shape index (κ1) is 27.9. The van der Waals surface area contributed by atoms with Gasteiger partial charge in [0.25, 0.3) is 5.91 Å². The predicted octanol–water partition coefficient (Wildman–Crippen LogP) is -0.456. The number of ether oxygens (including phenoxy) is 2. The number of carbonyl (C=O) groups is 6. The highest BCUT2D eigenvalue weighted by molar-refractivity contribution is 5.94. The van der Waals surface area contributed by atoms with Gasteiger partial charge in [-0.25, -0.2) is 14.6 Å². The first-order chi connectivity index (χ1) is 16.5. The second-order valence-corrected chi connectivity index (χ2v) is 8.60. The van der Waals surface area contributed by atoms with Gasteiger partial charge in [-0.3, -0.25) is 24.6 Å². The molecule has 0 spiro atoms. The number of carbonyl (C=O) groups excluding carboxylic acids is 6. The maximum Gasteiger partial charge on any atom is 0.429 e.